The summed E-state index contributed by atoms with van der Waals surface area (Å²) in [4.78, 5) is 0.254. The Morgan fingerprint density at radius 2 is 2.05 bits per heavy atom. The lowest BCUT2D eigenvalue weighted by Crippen LogP contribution is -2.14. The van der Waals surface area contributed by atoms with Crippen LogP contribution in [0.15, 0.2) is 23.1 Å². The number of rotatable bonds is 7. The molecule has 0 bridgehead atoms. The molecule has 0 amide bonds. The molecule has 1 aromatic carbocycles. The molecule has 6 heteroatoms. The van der Waals surface area contributed by atoms with E-state index in [1.807, 2.05) is 6.92 Å². The maximum absolute atomic E-state index is 13.0. The molecule has 1 N–H and O–H groups in total. The fourth-order valence-electron chi connectivity index (χ4n) is 1.54. The van der Waals surface area contributed by atoms with Gasteiger partial charge < -0.3 is 10.1 Å². The van der Waals surface area contributed by atoms with E-state index < -0.39 is 11.7 Å². The molecule has 0 heterocycles. The van der Waals surface area contributed by atoms with Gasteiger partial charge in [0.1, 0.15) is 0 Å². The highest BCUT2D eigenvalue weighted by Crippen LogP contribution is 2.37. The molecular formula is C13H18F3NOS. The van der Waals surface area contributed by atoms with Gasteiger partial charge in [0.2, 0.25) is 0 Å². The number of methoxy groups -OCH3 is 1. The fraction of sp³-hybridized carbons (Fsp3) is 0.538. The first-order chi connectivity index (χ1) is 8.99. The molecule has 0 aliphatic heterocycles. The van der Waals surface area contributed by atoms with Gasteiger partial charge in [-0.1, -0.05) is 13.0 Å². The van der Waals surface area contributed by atoms with Gasteiger partial charge in [-0.2, -0.15) is 13.2 Å². The zero-order chi connectivity index (χ0) is 14.3. The van der Waals surface area contributed by atoms with Crippen molar-refractivity contribution in [1.29, 1.82) is 0 Å². The Labute approximate surface area is 115 Å². The highest BCUT2D eigenvalue weighted by Gasteiger charge is 2.33. The van der Waals surface area contributed by atoms with Crippen molar-refractivity contribution in [2.75, 3.05) is 26.0 Å². The summed E-state index contributed by atoms with van der Waals surface area (Å²) >= 11 is 1.17. The molecule has 0 unspecified atom stereocenters. The van der Waals surface area contributed by atoms with E-state index >= 15 is 0 Å². The summed E-state index contributed by atoms with van der Waals surface area (Å²) in [5, 5.41) is 3.02. The van der Waals surface area contributed by atoms with Crippen LogP contribution in [0.2, 0.25) is 0 Å². The highest BCUT2D eigenvalue weighted by molar-refractivity contribution is 7.99. The molecule has 0 saturated heterocycles. The summed E-state index contributed by atoms with van der Waals surface area (Å²) in [6.07, 6.45) is -4.32. The third-order valence-corrected chi connectivity index (χ3v) is 3.51. The molecule has 1 rings (SSSR count). The molecule has 0 radical (unpaired) electrons. The lowest BCUT2D eigenvalue weighted by molar-refractivity contribution is -0.139. The molecule has 108 valence electrons. The van der Waals surface area contributed by atoms with Gasteiger partial charge in [-0.25, -0.2) is 0 Å². The molecule has 0 fully saturated rings. The standard InChI is InChI=1S/C13H18F3NOS/c1-3-17-9-10-4-5-12(19-7-6-18-2)11(8-10)13(14,15)16/h4-5,8,17H,3,6-7,9H2,1-2H3. The summed E-state index contributed by atoms with van der Waals surface area (Å²) < 4.78 is 43.8. The van der Waals surface area contributed by atoms with Crippen molar-refractivity contribution < 1.29 is 17.9 Å². The Kier molecular flexibility index (Phi) is 6.68. The van der Waals surface area contributed by atoms with E-state index in [1.165, 1.54) is 31.0 Å². The van der Waals surface area contributed by atoms with Gasteiger partial charge in [-0.05, 0) is 24.2 Å². The number of ether oxygens (including phenoxy) is 1. The third kappa shape index (κ3) is 5.42. The molecule has 1 aromatic rings. The van der Waals surface area contributed by atoms with E-state index in [4.69, 9.17) is 4.74 Å². The van der Waals surface area contributed by atoms with Crippen LogP contribution in [-0.4, -0.2) is 26.0 Å². The van der Waals surface area contributed by atoms with Crippen LogP contribution in [0.5, 0.6) is 0 Å². The van der Waals surface area contributed by atoms with E-state index in [0.29, 0.717) is 24.5 Å². The number of alkyl halides is 3. The largest absolute Gasteiger partial charge is 0.417 e. The van der Waals surface area contributed by atoms with Crippen LogP contribution >= 0.6 is 11.8 Å². The number of benzene rings is 1. The predicted octanol–water partition coefficient (Wildman–Crippen LogP) is 3.55. The maximum Gasteiger partial charge on any atom is 0.417 e. The summed E-state index contributed by atoms with van der Waals surface area (Å²) in [5.74, 6) is 0.506. The molecule has 2 nitrogen and oxygen atoms in total. The van der Waals surface area contributed by atoms with E-state index in [-0.39, 0.29) is 4.90 Å². The monoisotopic (exact) mass is 293 g/mol. The van der Waals surface area contributed by atoms with Crippen molar-refractivity contribution in [2.45, 2.75) is 24.5 Å². The van der Waals surface area contributed by atoms with Crippen molar-refractivity contribution in [3.05, 3.63) is 29.3 Å². The summed E-state index contributed by atoms with van der Waals surface area (Å²) in [6, 6.07) is 4.49. The van der Waals surface area contributed by atoms with Crippen LogP contribution in [0.4, 0.5) is 13.2 Å². The number of nitrogens with one attached hydrogen (secondary N) is 1. The average Bonchev–Trinajstić information content (AvgIpc) is 2.36. The van der Waals surface area contributed by atoms with Gasteiger partial charge in [0, 0.05) is 24.3 Å². The van der Waals surface area contributed by atoms with Crippen LogP contribution in [0.25, 0.3) is 0 Å². The molecule has 0 saturated carbocycles. The van der Waals surface area contributed by atoms with Crippen LogP contribution in [0.1, 0.15) is 18.1 Å². The van der Waals surface area contributed by atoms with Gasteiger partial charge in [-0.15, -0.1) is 11.8 Å². The van der Waals surface area contributed by atoms with Gasteiger partial charge in [0.05, 0.1) is 12.2 Å². The van der Waals surface area contributed by atoms with E-state index in [9.17, 15) is 13.2 Å². The minimum Gasteiger partial charge on any atom is -0.384 e. The Morgan fingerprint density at radius 3 is 2.63 bits per heavy atom. The molecule has 0 spiro atoms. The van der Waals surface area contributed by atoms with E-state index in [0.717, 1.165) is 6.54 Å². The lowest BCUT2D eigenvalue weighted by Gasteiger charge is -2.14. The first-order valence-electron chi connectivity index (χ1n) is 6.01. The molecular weight excluding hydrogens is 275 g/mol. The predicted molar refractivity (Wildman–Crippen MR) is 71.4 cm³/mol. The second-order valence-corrected chi connectivity index (χ2v) is 5.09. The highest BCUT2D eigenvalue weighted by atomic mass is 32.2. The second-order valence-electron chi connectivity index (χ2n) is 3.95. The van der Waals surface area contributed by atoms with Gasteiger partial charge >= 0.3 is 6.18 Å². The molecule has 0 aromatic heterocycles. The summed E-state index contributed by atoms with van der Waals surface area (Å²) in [5.41, 5.74) is 0.0780. The Balaban J connectivity index is 2.90. The zero-order valence-corrected chi connectivity index (χ0v) is 11.8. The maximum atomic E-state index is 13.0. The van der Waals surface area contributed by atoms with Crippen molar-refractivity contribution in [3.63, 3.8) is 0 Å². The summed E-state index contributed by atoms with van der Waals surface area (Å²) in [6.45, 7) is 3.52. The van der Waals surface area contributed by atoms with Crippen molar-refractivity contribution in [3.8, 4) is 0 Å². The van der Waals surface area contributed by atoms with Gasteiger partial charge in [-0.3, -0.25) is 0 Å². The Morgan fingerprint density at radius 1 is 1.32 bits per heavy atom. The van der Waals surface area contributed by atoms with Crippen LogP contribution < -0.4 is 5.32 Å². The number of hydrogen-bond acceptors (Lipinski definition) is 3. The quantitative estimate of drug-likeness (QED) is 0.613. The topological polar surface area (TPSA) is 21.3 Å². The van der Waals surface area contributed by atoms with Gasteiger partial charge in [0.25, 0.3) is 0 Å². The van der Waals surface area contributed by atoms with Crippen molar-refractivity contribution in [1.82, 2.24) is 5.32 Å². The van der Waals surface area contributed by atoms with Crippen LogP contribution in [0.3, 0.4) is 0 Å². The Hall–Kier alpha value is -0.720. The van der Waals surface area contributed by atoms with Crippen molar-refractivity contribution in [2.24, 2.45) is 0 Å². The first-order valence-corrected chi connectivity index (χ1v) is 7.00. The SMILES string of the molecule is CCNCc1ccc(SCCOC)c(C(F)(F)F)c1. The number of halogens is 3. The average molecular weight is 293 g/mol. The van der Waals surface area contributed by atoms with E-state index in [1.54, 1.807) is 6.07 Å². The minimum atomic E-state index is -4.32. The fourth-order valence-corrected chi connectivity index (χ4v) is 2.50. The Bertz CT molecular complexity index is 396. The van der Waals surface area contributed by atoms with Gasteiger partial charge in [0.15, 0.2) is 0 Å². The molecule has 0 aliphatic carbocycles. The lowest BCUT2D eigenvalue weighted by atomic mass is 10.1. The third-order valence-electron chi connectivity index (χ3n) is 2.47. The normalized spacial score (nSPS) is 11.8. The van der Waals surface area contributed by atoms with Crippen LogP contribution in [0, 0.1) is 0 Å². The smallest absolute Gasteiger partial charge is 0.384 e. The molecule has 19 heavy (non-hydrogen) atoms. The minimum absolute atomic E-state index is 0.254. The summed E-state index contributed by atoms with van der Waals surface area (Å²) in [7, 11) is 1.53. The zero-order valence-electron chi connectivity index (χ0n) is 11.0. The number of hydrogen-bond donors (Lipinski definition) is 1. The first kappa shape index (κ1) is 16.3. The molecule has 0 atom stereocenters. The number of thioether (sulfide) groups is 1. The van der Waals surface area contributed by atoms with Crippen LogP contribution in [-0.2, 0) is 17.5 Å². The van der Waals surface area contributed by atoms with E-state index in [2.05, 4.69) is 5.32 Å². The molecule has 0 aliphatic rings. The van der Waals surface area contributed by atoms with Crippen molar-refractivity contribution >= 4 is 11.8 Å². The second kappa shape index (κ2) is 7.77.